The van der Waals surface area contributed by atoms with Crippen LogP contribution in [-0.4, -0.2) is 25.6 Å². The molecule has 0 spiro atoms. The maximum atomic E-state index is 11.0. The highest BCUT2D eigenvalue weighted by Crippen LogP contribution is 2.21. The van der Waals surface area contributed by atoms with E-state index >= 15 is 0 Å². The molecule has 0 aliphatic rings. The zero-order chi connectivity index (χ0) is 15.5. The highest BCUT2D eigenvalue weighted by atomic mass is 16.4. The Balaban J connectivity index is 1.91. The molecular formula is C17H15N3O2. The van der Waals surface area contributed by atoms with Crippen LogP contribution >= 0.6 is 0 Å². The lowest BCUT2D eigenvalue weighted by atomic mass is 10.1. The first-order valence-corrected chi connectivity index (χ1v) is 6.93. The largest absolute Gasteiger partial charge is 0.478 e. The molecule has 0 aliphatic heterocycles. The van der Waals surface area contributed by atoms with Crippen molar-refractivity contribution in [2.24, 2.45) is 0 Å². The molecule has 0 saturated carbocycles. The third-order valence-corrected chi connectivity index (χ3v) is 3.60. The lowest BCUT2D eigenvalue weighted by Crippen LogP contribution is -2.03. The number of aromatic carboxylic acids is 1. The normalized spacial score (nSPS) is 12.0. The molecular weight excluding hydrogens is 278 g/mol. The fourth-order valence-corrected chi connectivity index (χ4v) is 2.29. The molecule has 2 aromatic heterocycles. The second kappa shape index (κ2) is 5.81. The van der Waals surface area contributed by atoms with Gasteiger partial charge in [0.25, 0.3) is 0 Å². The molecule has 1 N–H and O–H groups in total. The van der Waals surface area contributed by atoms with Crippen LogP contribution in [0.2, 0.25) is 0 Å². The highest BCUT2D eigenvalue weighted by molar-refractivity contribution is 5.88. The maximum absolute atomic E-state index is 11.0. The minimum absolute atomic E-state index is 0.144. The molecule has 0 fully saturated rings. The summed E-state index contributed by atoms with van der Waals surface area (Å²) in [5.74, 6) is -0.972. The van der Waals surface area contributed by atoms with Gasteiger partial charge in [-0.1, -0.05) is 30.3 Å². The van der Waals surface area contributed by atoms with Gasteiger partial charge < -0.3 is 9.67 Å². The highest BCUT2D eigenvalue weighted by Gasteiger charge is 2.11. The Hall–Kier alpha value is -2.95. The average molecular weight is 293 g/mol. The first-order chi connectivity index (χ1) is 10.6. The minimum Gasteiger partial charge on any atom is -0.478 e. The predicted molar refractivity (Wildman–Crippen MR) is 82.7 cm³/mol. The Morgan fingerprint density at radius 3 is 2.64 bits per heavy atom. The predicted octanol–water partition coefficient (Wildman–Crippen LogP) is 3.25. The molecule has 1 atom stereocenters. The number of hydrogen-bond donors (Lipinski definition) is 1. The zero-order valence-electron chi connectivity index (χ0n) is 12.0. The van der Waals surface area contributed by atoms with Crippen molar-refractivity contribution in [3.05, 3.63) is 72.3 Å². The van der Waals surface area contributed by atoms with Crippen LogP contribution < -0.4 is 0 Å². The molecule has 1 aromatic carbocycles. The summed E-state index contributed by atoms with van der Waals surface area (Å²) in [5, 5.41) is 9.04. The monoisotopic (exact) mass is 293 g/mol. The van der Waals surface area contributed by atoms with Gasteiger partial charge in [0.1, 0.15) is 5.69 Å². The maximum Gasteiger partial charge on any atom is 0.335 e. The van der Waals surface area contributed by atoms with Gasteiger partial charge in [-0.15, -0.1) is 0 Å². The van der Waals surface area contributed by atoms with Gasteiger partial charge in [-0.2, -0.15) is 0 Å². The molecule has 3 rings (SSSR count). The van der Waals surface area contributed by atoms with E-state index in [2.05, 4.69) is 29.0 Å². The Kier molecular flexibility index (Phi) is 3.70. The number of rotatable bonds is 4. The Bertz CT molecular complexity index is 796. The van der Waals surface area contributed by atoms with E-state index in [-0.39, 0.29) is 11.6 Å². The van der Waals surface area contributed by atoms with Crippen molar-refractivity contribution in [1.82, 2.24) is 14.5 Å². The Labute approximate surface area is 127 Å². The van der Waals surface area contributed by atoms with Gasteiger partial charge in [-0.25, -0.2) is 9.78 Å². The van der Waals surface area contributed by atoms with Crippen LogP contribution in [0.25, 0.3) is 11.4 Å². The summed E-state index contributed by atoms with van der Waals surface area (Å²) in [6.45, 7) is 2.09. The van der Waals surface area contributed by atoms with Gasteiger partial charge in [0.2, 0.25) is 0 Å². The second-order valence-corrected chi connectivity index (χ2v) is 5.03. The standard InChI is InChI=1S/C17H15N3O2/c1-12(13-5-3-2-4-6-13)20-10-16(19-11-20)15-9-14(17(21)22)7-8-18-15/h2-12H,1H3,(H,21,22). The molecule has 3 aromatic rings. The number of hydrogen-bond acceptors (Lipinski definition) is 3. The number of carboxylic acids is 1. The number of nitrogens with zero attached hydrogens (tertiary/aromatic N) is 3. The van der Waals surface area contributed by atoms with E-state index in [1.165, 1.54) is 23.9 Å². The van der Waals surface area contributed by atoms with Gasteiger partial charge in [0, 0.05) is 12.4 Å². The molecule has 0 bridgehead atoms. The lowest BCUT2D eigenvalue weighted by Gasteiger charge is -2.12. The lowest BCUT2D eigenvalue weighted by molar-refractivity contribution is 0.0697. The topological polar surface area (TPSA) is 68.0 Å². The van der Waals surface area contributed by atoms with Crippen molar-refractivity contribution >= 4 is 5.97 Å². The molecule has 0 aliphatic carbocycles. The quantitative estimate of drug-likeness (QED) is 0.801. The molecule has 5 nitrogen and oxygen atoms in total. The second-order valence-electron chi connectivity index (χ2n) is 5.03. The number of aromatic nitrogens is 3. The number of benzene rings is 1. The molecule has 0 amide bonds. The number of carboxylic acid groups (broad SMARTS) is 1. The van der Waals surface area contributed by atoms with Crippen LogP contribution in [0.15, 0.2) is 61.2 Å². The van der Waals surface area contributed by atoms with Crippen molar-refractivity contribution in [3.8, 4) is 11.4 Å². The van der Waals surface area contributed by atoms with E-state index in [0.717, 1.165) is 0 Å². The van der Waals surface area contributed by atoms with E-state index in [1.807, 2.05) is 29.0 Å². The summed E-state index contributed by atoms with van der Waals surface area (Å²) in [7, 11) is 0. The van der Waals surface area contributed by atoms with E-state index in [4.69, 9.17) is 5.11 Å². The van der Waals surface area contributed by atoms with Crippen molar-refractivity contribution in [2.45, 2.75) is 13.0 Å². The van der Waals surface area contributed by atoms with E-state index in [1.54, 1.807) is 6.33 Å². The van der Waals surface area contributed by atoms with E-state index in [9.17, 15) is 4.79 Å². The summed E-state index contributed by atoms with van der Waals surface area (Å²) >= 11 is 0. The van der Waals surface area contributed by atoms with Gasteiger partial charge in [0.05, 0.1) is 23.6 Å². The van der Waals surface area contributed by atoms with Crippen LogP contribution in [-0.2, 0) is 0 Å². The van der Waals surface area contributed by atoms with Gasteiger partial charge in [-0.3, -0.25) is 4.98 Å². The number of imidazole rings is 1. The average Bonchev–Trinajstić information content (AvgIpc) is 3.05. The third kappa shape index (κ3) is 2.74. The fourth-order valence-electron chi connectivity index (χ4n) is 2.29. The molecule has 2 heterocycles. The van der Waals surface area contributed by atoms with Crippen LogP contribution in [0.1, 0.15) is 28.9 Å². The van der Waals surface area contributed by atoms with E-state index < -0.39 is 5.97 Å². The molecule has 1 unspecified atom stereocenters. The summed E-state index contributed by atoms with van der Waals surface area (Å²) in [5.41, 5.74) is 2.60. The smallest absolute Gasteiger partial charge is 0.335 e. The first kappa shape index (κ1) is 14.0. The van der Waals surface area contributed by atoms with Crippen LogP contribution in [0.3, 0.4) is 0 Å². The van der Waals surface area contributed by atoms with Crippen LogP contribution in [0.5, 0.6) is 0 Å². The van der Waals surface area contributed by atoms with Gasteiger partial charge in [-0.05, 0) is 24.6 Å². The Morgan fingerprint density at radius 1 is 1.14 bits per heavy atom. The van der Waals surface area contributed by atoms with Crippen LogP contribution in [0.4, 0.5) is 0 Å². The minimum atomic E-state index is -0.972. The first-order valence-electron chi connectivity index (χ1n) is 6.93. The van der Waals surface area contributed by atoms with Gasteiger partial charge in [0.15, 0.2) is 0 Å². The summed E-state index contributed by atoms with van der Waals surface area (Å²) < 4.78 is 1.99. The summed E-state index contributed by atoms with van der Waals surface area (Å²) in [4.78, 5) is 19.6. The third-order valence-electron chi connectivity index (χ3n) is 3.60. The van der Waals surface area contributed by atoms with Crippen LogP contribution in [0, 0.1) is 0 Å². The zero-order valence-corrected chi connectivity index (χ0v) is 12.0. The molecule has 110 valence electrons. The van der Waals surface area contributed by atoms with Gasteiger partial charge >= 0.3 is 5.97 Å². The SMILES string of the molecule is CC(c1ccccc1)n1cnc(-c2cc(C(=O)O)ccn2)c1. The summed E-state index contributed by atoms with van der Waals surface area (Å²) in [6.07, 6.45) is 5.10. The summed E-state index contributed by atoms with van der Waals surface area (Å²) in [6, 6.07) is 13.3. The molecule has 22 heavy (non-hydrogen) atoms. The fraction of sp³-hybridized carbons (Fsp3) is 0.118. The molecule has 0 radical (unpaired) electrons. The van der Waals surface area contributed by atoms with Crippen molar-refractivity contribution in [2.75, 3.05) is 0 Å². The molecule has 5 heteroatoms. The number of carbonyl (C=O) groups is 1. The number of pyridine rings is 1. The van der Waals surface area contributed by atoms with Crippen molar-refractivity contribution < 1.29 is 9.90 Å². The molecule has 0 saturated heterocycles. The van der Waals surface area contributed by atoms with Crippen molar-refractivity contribution in [3.63, 3.8) is 0 Å². The van der Waals surface area contributed by atoms with E-state index in [0.29, 0.717) is 11.4 Å². The van der Waals surface area contributed by atoms with Crippen molar-refractivity contribution in [1.29, 1.82) is 0 Å². The Morgan fingerprint density at radius 2 is 1.91 bits per heavy atom.